The second-order valence-electron chi connectivity index (χ2n) is 6.74. The highest BCUT2D eigenvalue weighted by Gasteiger charge is 2.14. The Bertz CT molecular complexity index is 1260. The summed E-state index contributed by atoms with van der Waals surface area (Å²) in [4.78, 5) is 17.0. The average Bonchev–Trinajstić information content (AvgIpc) is 3.16. The summed E-state index contributed by atoms with van der Waals surface area (Å²) in [5.41, 5.74) is 3.19. The number of hydrogen-bond donors (Lipinski definition) is 0. The highest BCUT2D eigenvalue weighted by molar-refractivity contribution is 7.98. The van der Waals surface area contributed by atoms with Crippen molar-refractivity contribution in [2.75, 3.05) is 7.11 Å². The van der Waals surface area contributed by atoms with Gasteiger partial charge in [-0.05, 0) is 42.8 Å². The van der Waals surface area contributed by atoms with E-state index < -0.39 is 0 Å². The van der Waals surface area contributed by atoms with Gasteiger partial charge in [0.05, 0.1) is 12.8 Å². The molecule has 0 unspecified atom stereocenters. The van der Waals surface area contributed by atoms with Crippen LogP contribution in [0.25, 0.3) is 17.0 Å². The van der Waals surface area contributed by atoms with Crippen LogP contribution in [-0.4, -0.2) is 31.3 Å². The Labute approximate surface area is 178 Å². The van der Waals surface area contributed by atoms with Crippen molar-refractivity contribution in [1.82, 2.24) is 24.1 Å². The van der Waals surface area contributed by atoms with Crippen LogP contribution >= 0.6 is 11.8 Å². The normalized spacial score (nSPS) is 11.0. The van der Waals surface area contributed by atoms with Gasteiger partial charge in [-0.1, -0.05) is 23.9 Å². The molecule has 0 aliphatic carbocycles. The zero-order valence-corrected chi connectivity index (χ0v) is 17.6. The van der Waals surface area contributed by atoms with Crippen LogP contribution in [0.5, 0.6) is 5.75 Å². The largest absolute Gasteiger partial charge is 0.497 e. The number of benzene rings is 1. The fraction of sp³-hybridized carbons (Fsp3) is 0.182. The summed E-state index contributed by atoms with van der Waals surface area (Å²) >= 11 is 1.49. The summed E-state index contributed by atoms with van der Waals surface area (Å²) in [6.45, 7) is 6.37. The topological polar surface area (TPSA) is 74.3 Å². The number of hydrogen-bond acceptors (Lipinski definition) is 6. The summed E-state index contributed by atoms with van der Waals surface area (Å²) in [5, 5.41) is 9.46. The van der Waals surface area contributed by atoms with Crippen LogP contribution in [0.4, 0.5) is 0 Å². The number of pyridine rings is 1. The van der Waals surface area contributed by atoms with Crippen molar-refractivity contribution < 1.29 is 4.74 Å². The molecule has 4 rings (SSSR count). The van der Waals surface area contributed by atoms with E-state index in [0.717, 1.165) is 27.9 Å². The van der Waals surface area contributed by atoms with Gasteiger partial charge in [-0.3, -0.25) is 13.8 Å². The Morgan fingerprint density at radius 1 is 1.17 bits per heavy atom. The molecule has 0 saturated heterocycles. The highest BCUT2D eigenvalue weighted by atomic mass is 32.2. The molecular formula is C22H21N5O2S. The molecule has 3 aromatic heterocycles. The molecule has 3 heterocycles. The lowest BCUT2D eigenvalue weighted by Crippen LogP contribution is -2.15. The molecule has 0 aliphatic heterocycles. The van der Waals surface area contributed by atoms with Gasteiger partial charge in [-0.15, -0.1) is 16.8 Å². The van der Waals surface area contributed by atoms with E-state index in [-0.39, 0.29) is 5.56 Å². The van der Waals surface area contributed by atoms with Gasteiger partial charge < -0.3 is 4.74 Å². The van der Waals surface area contributed by atoms with Crippen molar-refractivity contribution in [2.45, 2.75) is 24.4 Å². The average molecular weight is 420 g/mol. The molecule has 0 radical (unpaired) electrons. The van der Waals surface area contributed by atoms with Crippen molar-refractivity contribution in [1.29, 1.82) is 0 Å². The Hall–Kier alpha value is -3.39. The van der Waals surface area contributed by atoms with E-state index >= 15 is 0 Å². The fourth-order valence-corrected chi connectivity index (χ4v) is 3.95. The van der Waals surface area contributed by atoms with Gasteiger partial charge in [0.2, 0.25) is 0 Å². The van der Waals surface area contributed by atoms with Gasteiger partial charge in [-0.25, -0.2) is 4.98 Å². The number of allylic oxidation sites excluding steroid dienone is 1. The number of aromatic nitrogens is 5. The van der Waals surface area contributed by atoms with Gasteiger partial charge in [0.15, 0.2) is 11.0 Å². The van der Waals surface area contributed by atoms with Gasteiger partial charge in [0, 0.05) is 30.1 Å². The van der Waals surface area contributed by atoms with E-state index in [1.807, 2.05) is 54.0 Å². The number of thioether (sulfide) groups is 1. The quantitative estimate of drug-likeness (QED) is 0.336. The second kappa shape index (κ2) is 8.54. The molecule has 0 fully saturated rings. The molecule has 0 saturated carbocycles. The Morgan fingerprint density at radius 3 is 2.70 bits per heavy atom. The fourth-order valence-electron chi connectivity index (χ4n) is 3.11. The number of fused-ring (bicyclic) bond motifs is 1. The zero-order chi connectivity index (χ0) is 21.1. The molecule has 0 N–H and O–H groups in total. The lowest BCUT2D eigenvalue weighted by Gasteiger charge is -2.09. The van der Waals surface area contributed by atoms with Crippen LogP contribution in [0.1, 0.15) is 11.3 Å². The smallest absolute Gasteiger partial charge is 0.258 e. The number of rotatable bonds is 7. The standard InChI is InChI=1S/C22H21N5O2S/c1-4-11-26-21(16-6-8-18(29-3)9-7-16)24-25-22(26)30-14-17-12-20(28)27-13-15(2)5-10-19(27)23-17/h4-10,12-13H,1,11,14H2,2-3H3. The monoisotopic (exact) mass is 419 g/mol. The summed E-state index contributed by atoms with van der Waals surface area (Å²) in [6.07, 6.45) is 3.60. The third-order valence-electron chi connectivity index (χ3n) is 4.59. The molecule has 0 atom stereocenters. The van der Waals surface area contributed by atoms with Crippen LogP contribution in [-0.2, 0) is 12.3 Å². The summed E-state index contributed by atoms with van der Waals surface area (Å²) in [6, 6.07) is 13.0. The van der Waals surface area contributed by atoms with Crippen LogP contribution in [0.2, 0.25) is 0 Å². The Balaban J connectivity index is 1.61. The van der Waals surface area contributed by atoms with Gasteiger partial charge >= 0.3 is 0 Å². The van der Waals surface area contributed by atoms with E-state index in [2.05, 4.69) is 21.8 Å². The maximum absolute atomic E-state index is 12.4. The van der Waals surface area contributed by atoms with Crippen molar-refractivity contribution >= 4 is 17.4 Å². The summed E-state index contributed by atoms with van der Waals surface area (Å²) in [7, 11) is 1.64. The van der Waals surface area contributed by atoms with Crippen molar-refractivity contribution in [3.63, 3.8) is 0 Å². The molecule has 0 aliphatic rings. The van der Waals surface area contributed by atoms with Crippen LogP contribution in [0.15, 0.2) is 71.3 Å². The highest BCUT2D eigenvalue weighted by Crippen LogP contribution is 2.27. The Morgan fingerprint density at radius 2 is 1.97 bits per heavy atom. The molecule has 0 bridgehead atoms. The van der Waals surface area contributed by atoms with Gasteiger partial charge in [0.1, 0.15) is 11.4 Å². The lowest BCUT2D eigenvalue weighted by atomic mass is 10.2. The number of nitrogens with zero attached hydrogens (tertiary/aromatic N) is 5. The van der Waals surface area contributed by atoms with E-state index in [1.54, 1.807) is 23.8 Å². The van der Waals surface area contributed by atoms with Crippen molar-refractivity contribution in [3.05, 3.63) is 82.9 Å². The molecule has 0 spiro atoms. The van der Waals surface area contributed by atoms with E-state index in [0.29, 0.717) is 23.6 Å². The van der Waals surface area contributed by atoms with Crippen molar-refractivity contribution in [3.8, 4) is 17.1 Å². The first-order valence-electron chi connectivity index (χ1n) is 9.39. The third-order valence-corrected chi connectivity index (χ3v) is 5.59. The molecule has 4 aromatic rings. The van der Waals surface area contributed by atoms with Gasteiger partial charge in [0.25, 0.3) is 5.56 Å². The first-order chi connectivity index (χ1) is 14.6. The molecule has 8 heteroatoms. The maximum Gasteiger partial charge on any atom is 0.258 e. The summed E-state index contributed by atoms with van der Waals surface area (Å²) < 4.78 is 8.78. The maximum atomic E-state index is 12.4. The van der Waals surface area contributed by atoms with E-state index in [1.165, 1.54) is 11.8 Å². The van der Waals surface area contributed by atoms with Crippen LogP contribution in [0, 0.1) is 6.92 Å². The Kier molecular flexibility index (Phi) is 5.67. The van der Waals surface area contributed by atoms with E-state index in [9.17, 15) is 4.79 Å². The predicted octanol–water partition coefficient (Wildman–Crippen LogP) is 3.75. The molecule has 0 amide bonds. The third kappa shape index (κ3) is 3.99. The lowest BCUT2D eigenvalue weighted by molar-refractivity contribution is 0.415. The minimum atomic E-state index is -0.0919. The molecule has 152 valence electrons. The zero-order valence-electron chi connectivity index (χ0n) is 16.8. The molecule has 30 heavy (non-hydrogen) atoms. The molecule has 7 nitrogen and oxygen atoms in total. The number of aryl methyl sites for hydroxylation is 1. The number of ether oxygens (including phenoxy) is 1. The van der Waals surface area contributed by atoms with Crippen LogP contribution in [0.3, 0.4) is 0 Å². The van der Waals surface area contributed by atoms with E-state index in [4.69, 9.17) is 4.74 Å². The van der Waals surface area contributed by atoms with Gasteiger partial charge in [-0.2, -0.15) is 0 Å². The predicted molar refractivity (Wildman–Crippen MR) is 118 cm³/mol. The first kappa shape index (κ1) is 19.9. The first-order valence-corrected chi connectivity index (χ1v) is 10.4. The number of methoxy groups -OCH3 is 1. The minimum absolute atomic E-state index is 0.0919. The minimum Gasteiger partial charge on any atom is -0.497 e. The molecule has 1 aromatic carbocycles. The summed E-state index contributed by atoms with van der Waals surface area (Å²) in [5.74, 6) is 2.05. The second-order valence-corrected chi connectivity index (χ2v) is 7.69. The van der Waals surface area contributed by atoms with Crippen molar-refractivity contribution in [2.24, 2.45) is 0 Å². The molecular weight excluding hydrogens is 398 g/mol. The van der Waals surface area contributed by atoms with Crippen LogP contribution < -0.4 is 10.3 Å². The SMILES string of the molecule is C=CCn1c(SCc2cc(=O)n3cc(C)ccc3n2)nnc1-c1ccc(OC)cc1.